The fourth-order valence-corrected chi connectivity index (χ4v) is 3.13. The molecule has 0 fully saturated rings. The van der Waals surface area contributed by atoms with Crippen LogP contribution in [0.2, 0.25) is 0 Å². The van der Waals surface area contributed by atoms with Crippen LogP contribution in [0, 0.1) is 18.6 Å². The maximum absolute atomic E-state index is 9.65. The molecular weight excluding hydrogens is 306 g/mol. The van der Waals surface area contributed by atoms with Gasteiger partial charge in [-0.3, -0.25) is 9.67 Å². The fourth-order valence-electron chi connectivity index (χ4n) is 2.91. The van der Waals surface area contributed by atoms with Gasteiger partial charge in [0.1, 0.15) is 5.75 Å². The molecule has 0 radical (unpaired) electrons. The second-order valence-electron chi connectivity index (χ2n) is 5.62. The molecule has 3 aromatic rings. The lowest BCUT2D eigenvalue weighted by Gasteiger charge is -2.15. The fraction of sp³-hybridized carbons (Fsp3) is 0.222. The van der Waals surface area contributed by atoms with E-state index in [0.29, 0.717) is 4.77 Å². The van der Waals surface area contributed by atoms with Gasteiger partial charge in [0, 0.05) is 5.56 Å². The third-order valence-electron chi connectivity index (χ3n) is 4.05. The third kappa shape index (κ3) is 2.68. The van der Waals surface area contributed by atoms with Crippen molar-refractivity contribution in [2.75, 3.05) is 0 Å². The summed E-state index contributed by atoms with van der Waals surface area (Å²) in [7, 11) is 0. The average Bonchev–Trinajstić information content (AvgIpc) is 2.88. The molecule has 1 heterocycles. The van der Waals surface area contributed by atoms with E-state index in [1.807, 2.05) is 17.6 Å². The van der Waals surface area contributed by atoms with Gasteiger partial charge in [0.05, 0.1) is 5.69 Å². The van der Waals surface area contributed by atoms with Gasteiger partial charge >= 0.3 is 0 Å². The SMILES string of the molecule is CCc1cccc(C)c1-n1c(-c2ccc(O)cc2C)n[nH]c1=S. The number of nitrogens with zero attached hydrogens (tertiary/aromatic N) is 2. The highest BCUT2D eigenvalue weighted by Crippen LogP contribution is 2.29. The van der Waals surface area contributed by atoms with E-state index in [4.69, 9.17) is 12.2 Å². The van der Waals surface area contributed by atoms with E-state index in [1.54, 1.807) is 12.1 Å². The molecule has 0 saturated carbocycles. The zero-order chi connectivity index (χ0) is 16.6. The summed E-state index contributed by atoms with van der Waals surface area (Å²) in [6, 6.07) is 11.5. The molecule has 0 spiro atoms. The molecule has 0 unspecified atom stereocenters. The zero-order valence-corrected chi connectivity index (χ0v) is 14.2. The minimum atomic E-state index is 0.247. The molecule has 0 saturated heterocycles. The number of phenolic OH excluding ortho intramolecular Hbond substituents is 1. The maximum atomic E-state index is 9.65. The number of benzene rings is 2. The number of hydrogen-bond donors (Lipinski definition) is 2. The van der Waals surface area contributed by atoms with Gasteiger partial charge in [-0.05, 0) is 67.4 Å². The Bertz CT molecular complexity index is 924. The maximum Gasteiger partial charge on any atom is 0.200 e. The Morgan fingerprint density at radius 2 is 1.96 bits per heavy atom. The molecule has 4 nitrogen and oxygen atoms in total. The molecule has 0 aliphatic heterocycles. The number of aromatic hydroxyl groups is 1. The lowest BCUT2D eigenvalue weighted by atomic mass is 10.0. The lowest BCUT2D eigenvalue weighted by Crippen LogP contribution is -2.05. The Balaban J connectivity index is 2.32. The van der Waals surface area contributed by atoms with Crippen molar-refractivity contribution in [2.45, 2.75) is 27.2 Å². The molecule has 2 aromatic carbocycles. The van der Waals surface area contributed by atoms with Crippen molar-refractivity contribution < 1.29 is 5.11 Å². The Morgan fingerprint density at radius 1 is 1.17 bits per heavy atom. The van der Waals surface area contributed by atoms with Gasteiger partial charge in [-0.1, -0.05) is 25.1 Å². The highest BCUT2D eigenvalue weighted by atomic mass is 32.1. The van der Waals surface area contributed by atoms with Gasteiger partial charge in [-0.15, -0.1) is 0 Å². The molecule has 5 heteroatoms. The average molecular weight is 325 g/mol. The molecule has 1 aromatic heterocycles. The Morgan fingerprint density at radius 3 is 2.65 bits per heavy atom. The van der Waals surface area contributed by atoms with Crippen LogP contribution in [0.4, 0.5) is 0 Å². The van der Waals surface area contributed by atoms with Crippen LogP contribution in [0.5, 0.6) is 5.75 Å². The Labute approximate surface area is 140 Å². The summed E-state index contributed by atoms with van der Waals surface area (Å²) >= 11 is 5.49. The molecule has 3 rings (SSSR count). The van der Waals surface area contributed by atoms with Crippen molar-refractivity contribution in [3.8, 4) is 22.8 Å². The normalized spacial score (nSPS) is 10.9. The summed E-state index contributed by atoms with van der Waals surface area (Å²) in [5.41, 5.74) is 5.35. The molecule has 0 amide bonds. The predicted molar refractivity (Wildman–Crippen MR) is 94.7 cm³/mol. The third-order valence-corrected chi connectivity index (χ3v) is 4.32. The van der Waals surface area contributed by atoms with E-state index in [2.05, 4.69) is 42.2 Å². The zero-order valence-electron chi connectivity index (χ0n) is 13.4. The van der Waals surface area contributed by atoms with Crippen molar-refractivity contribution in [2.24, 2.45) is 0 Å². The summed E-state index contributed by atoms with van der Waals surface area (Å²) in [6.07, 6.45) is 0.915. The van der Waals surface area contributed by atoms with Crippen LogP contribution in [-0.4, -0.2) is 19.9 Å². The van der Waals surface area contributed by atoms with E-state index < -0.39 is 0 Å². The van der Waals surface area contributed by atoms with Gasteiger partial charge < -0.3 is 5.11 Å². The number of nitrogens with one attached hydrogen (secondary N) is 1. The number of para-hydroxylation sites is 1. The van der Waals surface area contributed by atoms with Gasteiger partial charge in [0.2, 0.25) is 0 Å². The molecule has 0 aliphatic carbocycles. The summed E-state index contributed by atoms with van der Waals surface area (Å²) < 4.78 is 2.56. The predicted octanol–water partition coefficient (Wildman–Crippen LogP) is 4.48. The number of hydrogen-bond acceptors (Lipinski definition) is 3. The first-order valence-electron chi connectivity index (χ1n) is 7.59. The topological polar surface area (TPSA) is 53.8 Å². The number of phenols is 1. The standard InChI is InChI=1S/C18H19N3OS/c1-4-13-7-5-6-11(2)16(13)21-17(19-20-18(21)23)15-9-8-14(22)10-12(15)3/h5-10,22H,4H2,1-3H3,(H,20,23). The van der Waals surface area contributed by atoms with E-state index >= 15 is 0 Å². The van der Waals surface area contributed by atoms with E-state index in [-0.39, 0.29) is 5.75 Å². The minimum absolute atomic E-state index is 0.247. The van der Waals surface area contributed by atoms with Crippen LogP contribution in [0.1, 0.15) is 23.6 Å². The van der Waals surface area contributed by atoms with Gasteiger partial charge in [-0.2, -0.15) is 5.10 Å². The first-order valence-corrected chi connectivity index (χ1v) is 8.00. The molecule has 118 valence electrons. The van der Waals surface area contributed by atoms with Gasteiger partial charge in [0.15, 0.2) is 10.6 Å². The summed E-state index contributed by atoms with van der Waals surface area (Å²) in [6.45, 7) is 6.17. The number of aryl methyl sites for hydroxylation is 3. The molecule has 23 heavy (non-hydrogen) atoms. The smallest absolute Gasteiger partial charge is 0.200 e. The molecular formula is C18H19N3OS. The number of rotatable bonds is 3. The largest absolute Gasteiger partial charge is 0.508 e. The van der Waals surface area contributed by atoms with Crippen molar-refractivity contribution in [1.29, 1.82) is 0 Å². The molecule has 0 bridgehead atoms. The van der Waals surface area contributed by atoms with Crippen LogP contribution in [0.15, 0.2) is 36.4 Å². The lowest BCUT2D eigenvalue weighted by molar-refractivity contribution is 0.475. The van der Waals surface area contributed by atoms with Crippen molar-refractivity contribution in [3.63, 3.8) is 0 Å². The van der Waals surface area contributed by atoms with Gasteiger partial charge in [0.25, 0.3) is 0 Å². The Hall–Kier alpha value is -2.40. The van der Waals surface area contributed by atoms with Crippen LogP contribution >= 0.6 is 12.2 Å². The Kier molecular flexibility index (Phi) is 4.05. The number of aromatic nitrogens is 3. The summed E-state index contributed by atoms with van der Waals surface area (Å²) in [4.78, 5) is 0. The summed E-state index contributed by atoms with van der Waals surface area (Å²) in [5, 5.41) is 17.0. The minimum Gasteiger partial charge on any atom is -0.508 e. The van der Waals surface area contributed by atoms with E-state index in [9.17, 15) is 5.11 Å². The molecule has 2 N–H and O–H groups in total. The first-order chi connectivity index (χ1) is 11.0. The van der Waals surface area contributed by atoms with E-state index in [0.717, 1.165) is 34.6 Å². The van der Waals surface area contributed by atoms with Crippen LogP contribution in [-0.2, 0) is 6.42 Å². The van der Waals surface area contributed by atoms with Crippen LogP contribution < -0.4 is 0 Å². The number of aromatic amines is 1. The molecule has 0 atom stereocenters. The monoisotopic (exact) mass is 325 g/mol. The van der Waals surface area contributed by atoms with Crippen LogP contribution in [0.3, 0.4) is 0 Å². The quantitative estimate of drug-likeness (QED) is 0.698. The van der Waals surface area contributed by atoms with Gasteiger partial charge in [-0.25, -0.2) is 0 Å². The van der Waals surface area contributed by atoms with Crippen molar-refractivity contribution >= 4 is 12.2 Å². The van der Waals surface area contributed by atoms with Crippen molar-refractivity contribution in [3.05, 3.63) is 57.9 Å². The molecule has 0 aliphatic rings. The highest BCUT2D eigenvalue weighted by Gasteiger charge is 2.16. The van der Waals surface area contributed by atoms with Crippen LogP contribution in [0.25, 0.3) is 17.1 Å². The van der Waals surface area contributed by atoms with Crippen molar-refractivity contribution in [1.82, 2.24) is 14.8 Å². The summed E-state index contributed by atoms with van der Waals surface area (Å²) in [5.74, 6) is 1.01. The highest BCUT2D eigenvalue weighted by molar-refractivity contribution is 7.71. The number of H-pyrrole nitrogens is 1. The second-order valence-corrected chi connectivity index (χ2v) is 6.01. The first kappa shape index (κ1) is 15.5. The van der Waals surface area contributed by atoms with E-state index in [1.165, 1.54) is 5.56 Å². The second kappa shape index (κ2) is 6.01.